The SMILES string of the molecule is Cc1cccc(CNC(=O)C2(C)Cn3cnc(C(=O)NC(C)(C)C)c3C(=O)N2C2CC2)c1. The summed E-state index contributed by atoms with van der Waals surface area (Å²) in [7, 11) is 0. The van der Waals surface area contributed by atoms with Gasteiger partial charge in [-0.15, -0.1) is 0 Å². The van der Waals surface area contributed by atoms with Crippen LogP contribution in [0.5, 0.6) is 0 Å². The van der Waals surface area contributed by atoms with Crippen LogP contribution in [-0.4, -0.2) is 49.3 Å². The molecule has 1 aliphatic heterocycles. The number of nitrogens with one attached hydrogen (secondary N) is 2. The fourth-order valence-corrected chi connectivity index (χ4v) is 4.32. The predicted molar refractivity (Wildman–Crippen MR) is 120 cm³/mol. The molecule has 2 heterocycles. The number of fused-ring (bicyclic) bond motifs is 1. The Labute approximate surface area is 188 Å². The third kappa shape index (κ3) is 4.13. The van der Waals surface area contributed by atoms with E-state index in [9.17, 15) is 14.4 Å². The Kier molecular flexibility index (Phi) is 5.35. The molecule has 1 unspecified atom stereocenters. The smallest absolute Gasteiger partial charge is 0.274 e. The second kappa shape index (κ2) is 7.76. The minimum absolute atomic E-state index is 0.000558. The van der Waals surface area contributed by atoms with Gasteiger partial charge in [0.05, 0.1) is 12.9 Å². The predicted octanol–water partition coefficient (Wildman–Crippen LogP) is 2.41. The number of amides is 3. The highest BCUT2D eigenvalue weighted by atomic mass is 16.2. The van der Waals surface area contributed by atoms with Gasteiger partial charge in [0.1, 0.15) is 11.2 Å². The lowest BCUT2D eigenvalue weighted by molar-refractivity contribution is -0.133. The summed E-state index contributed by atoms with van der Waals surface area (Å²) in [5, 5.41) is 5.89. The fourth-order valence-electron chi connectivity index (χ4n) is 4.32. The normalized spacial score (nSPS) is 20.7. The highest BCUT2D eigenvalue weighted by Gasteiger charge is 2.53. The van der Waals surface area contributed by atoms with Gasteiger partial charge in [-0.2, -0.15) is 0 Å². The van der Waals surface area contributed by atoms with Gasteiger partial charge in [-0.05, 0) is 53.0 Å². The summed E-state index contributed by atoms with van der Waals surface area (Å²) < 4.78 is 1.64. The van der Waals surface area contributed by atoms with Gasteiger partial charge in [-0.25, -0.2) is 4.98 Å². The number of benzene rings is 1. The van der Waals surface area contributed by atoms with Crippen molar-refractivity contribution in [2.75, 3.05) is 0 Å². The van der Waals surface area contributed by atoms with E-state index in [1.807, 2.05) is 52.0 Å². The maximum Gasteiger partial charge on any atom is 0.274 e. The molecule has 1 aliphatic carbocycles. The summed E-state index contributed by atoms with van der Waals surface area (Å²) in [5.74, 6) is -0.911. The lowest BCUT2D eigenvalue weighted by Crippen LogP contribution is -2.64. The molecule has 8 heteroatoms. The average molecular weight is 438 g/mol. The molecular formula is C24H31N5O3. The first-order valence-electron chi connectivity index (χ1n) is 11.0. The zero-order valence-corrected chi connectivity index (χ0v) is 19.4. The first kappa shape index (κ1) is 22.0. The lowest BCUT2D eigenvalue weighted by Gasteiger charge is -2.44. The first-order chi connectivity index (χ1) is 15.0. The number of aromatic nitrogens is 2. The van der Waals surface area contributed by atoms with Crippen molar-refractivity contribution < 1.29 is 14.4 Å². The van der Waals surface area contributed by atoms with Crippen LogP contribution in [0.2, 0.25) is 0 Å². The van der Waals surface area contributed by atoms with Crippen molar-refractivity contribution in [1.29, 1.82) is 0 Å². The van der Waals surface area contributed by atoms with E-state index in [2.05, 4.69) is 15.6 Å². The molecule has 1 fully saturated rings. The van der Waals surface area contributed by atoms with E-state index in [0.717, 1.165) is 24.0 Å². The van der Waals surface area contributed by atoms with Gasteiger partial charge in [-0.1, -0.05) is 29.8 Å². The van der Waals surface area contributed by atoms with Crippen molar-refractivity contribution in [1.82, 2.24) is 25.1 Å². The topological polar surface area (TPSA) is 96.3 Å². The minimum atomic E-state index is -1.06. The molecule has 4 rings (SSSR count). The van der Waals surface area contributed by atoms with E-state index in [0.29, 0.717) is 6.54 Å². The Hall–Kier alpha value is -3.16. The van der Waals surface area contributed by atoms with Gasteiger partial charge in [0.25, 0.3) is 11.8 Å². The third-order valence-corrected chi connectivity index (χ3v) is 5.91. The van der Waals surface area contributed by atoms with Gasteiger partial charge in [0.15, 0.2) is 5.69 Å². The van der Waals surface area contributed by atoms with Crippen molar-refractivity contribution in [3.8, 4) is 0 Å². The second-order valence-electron chi connectivity index (χ2n) is 10.1. The van der Waals surface area contributed by atoms with Crippen molar-refractivity contribution in [2.24, 2.45) is 0 Å². The van der Waals surface area contributed by atoms with E-state index in [1.54, 1.807) is 16.4 Å². The first-order valence-corrected chi connectivity index (χ1v) is 11.0. The molecule has 170 valence electrons. The molecule has 0 spiro atoms. The summed E-state index contributed by atoms with van der Waals surface area (Å²) in [4.78, 5) is 45.7. The molecule has 0 radical (unpaired) electrons. The molecule has 1 aromatic heterocycles. The molecule has 2 N–H and O–H groups in total. The van der Waals surface area contributed by atoms with Crippen LogP contribution in [-0.2, 0) is 17.9 Å². The molecule has 1 aromatic carbocycles. The summed E-state index contributed by atoms with van der Waals surface area (Å²) in [5.41, 5.74) is 0.977. The molecule has 0 saturated heterocycles. The molecule has 2 aliphatic rings. The van der Waals surface area contributed by atoms with Crippen molar-refractivity contribution >= 4 is 17.7 Å². The number of carbonyl (C=O) groups is 3. The zero-order valence-electron chi connectivity index (χ0n) is 19.4. The van der Waals surface area contributed by atoms with E-state index in [-0.39, 0.29) is 41.7 Å². The molecule has 0 bridgehead atoms. The molecular weight excluding hydrogens is 406 g/mol. The highest BCUT2D eigenvalue weighted by molar-refractivity contribution is 6.07. The number of imidazole rings is 1. The largest absolute Gasteiger partial charge is 0.350 e. The van der Waals surface area contributed by atoms with Crippen LogP contribution in [0.3, 0.4) is 0 Å². The summed E-state index contributed by atoms with van der Waals surface area (Å²) in [6, 6.07) is 7.96. The maximum absolute atomic E-state index is 13.6. The van der Waals surface area contributed by atoms with Gasteiger partial charge in [0.2, 0.25) is 5.91 Å². The standard InChI is InChI=1S/C24H31N5O3/c1-15-7-6-8-16(11-15)12-25-22(32)24(5)13-28-14-26-18(20(30)27-23(2,3)4)19(28)21(31)29(24)17-9-10-17/h6-8,11,14,17H,9-10,12-13H2,1-5H3,(H,25,32)(H,27,30). The number of hydrogen-bond donors (Lipinski definition) is 2. The maximum atomic E-state index is 13.6. The van der Waals surface area contributed by atoms with Gasteiger partial charge < -0.3 is 20.1 Å². The Morgan fingerprint density at radius 1 is 1.25 bits per heavy atom. The zero-order chi connectivity index (χ0) is 23.3. The molecule has 2 aromatic rings. The van der Waals surface area contributed by atoms with Crippen LogP contribution < -0.4 is 10.6 Å². The molecule has 32 heavy (non-hydrogen) atoms. The monoisotopic (exact) mass is 437 g/mol. The fraction of sp³-hybridized carbons (Fsp3) is 0.500. The molecule has 3 amide bonds. The van der Waals surface area contributed by atoms with Crippen molar-refractivity contribution in [3.05, 3.63) is 53.1 Å². The Balaban J connectivity index is 1.61. The van der Waals surface area contributed by atoms with Crippen LogP contribution in [0.25, 0.3) is 0 Å². The van der Waals surface area contributed by atoms with Gasteiger partial charge in [0, 0.05) is 18.1 Å². The minimum Gasteiger partial charge on any atom is -0.350 e. The van der Waals surface area contributed by atoms with Crippen molar-refractivity contribution in [3.63, 3.8) is 0 Å². The quantitative estimate of drug-likeness (QED) is 0.751. The Morgan fingerprint density at radius 3 is 2.59 bits per heavy atom. The Bertz CT molecular complexity index is 1080. The van der Waals surface area contributed by atoms with Crippen LogP contribution in [0, 0.1) is 6.92 Å². The number of carbonyl (C=O) groups excluding carboxylic acids is 3. The second-order valence-corrected chi connectivity index (χ2v) is 10.1. The average Bonchev–Trinajstić information content (AvgIpc) is 3.42. The third-order valence-electron chi connectivity index (χ3n) is 5.91. The van der Waals surface area contributed by atoms with Crippen molar-refractivity contribution in [2.45, 2.75) is 77.7 Å². The summed E-state index contributed by atoms with van der Waals surface area (Å²) >= 11 is 0. The Morgan fingerprint density at radius 2 is 1.97 bits per heavy atom. The number of rotatable bonds is 5. The number of aryl methyl sites for hydroxylation is 1. The molecule has 1 atom stereocenters. The van der Waals surface area contributed by atoms with Crippen LogP contribution in [0.1, 0.15) is 72.6 Å². The number of nitrogens with zero attached hydrogens (tertiary/aromatic N) is 3. The van der Waals surface area contributed by atoms with Gasteiger partial charge in [-0.3, -0.25) is 14.4 Å². The van der Waals surface area contributed by atoms with Crippen LogP contribution in [0.4, 0.5) is 0 Å². The summed E-state index contributed by atoms with van der Waals surface area (Å²) in [6.07, 6.45) is 3.19. The van der Waals surface area contributed by atoms with Crippen LogP contribution >= 0.6 is 0 Å². The van der Waals surface area contributed by atoms with E-state index >= 15 is 0 Å². The molecule has 1 saturated carbocycles. The highest BCUT2D eigenvalue weighted by Crippen LogP contribution is 2.38. The van der Waals surface area contributed by atoms with Crippen LogP contribution in [0.15, 0.2) is 30.6 Å². The molecule has 8 nitrogen and oxygen atoms in total. The van der Waals surface area contributed by atoms with Gasteiger partial charge >= 0.3 is 0 Å². The van der Waals surface area contributed by atoms with E-state index in [4.69, 9.17) is 0 Å². The lowest BCUT2D eigenvalue weighted by atomic mass is 9.93. The van der Waals surface area contributed by atoms with E-state index < -0.39 is 11.1 Å². The summed E-state index contributed by atoms with van der Waals surface area (Å²) in [6.45, 7) is 10.1. The van der Waals surface area contributed by atoms with E-state index in [1.165, 1.54) is 6.33 Å². The number of hydrogen-bond acceptors (Lipinski definition) is 4.